The van der Waals surface area contributed by atoms with Gasteiger partial charge in [0.25, 0.3) is 0 Å². The van der Waals surface area contributed by atoms with Crippen molar-refractivity contribution in [2.45, 2.75) is 17.3 Å². The Morgan fingerprint density at radius 2 is 2.29 bits per heavy atom. The first kappa shape index (κ1) is 12.1. The molecule has 90 valence electrons. The summed E-state index contributed by atoms with van der Waals surface area (Å²) < 4.78 is 1.96. The summed E-state index contributed by atoms with van der Waals surface area (Å²) in [5.74, 6) is 0.898. The van der Waals surface area contributed by atoms with E-state index >= 15 is 0 Å². The van der Waals surface area contributed by atoms with Gasteiger partial charge in [0.05, 0.1) is 5.25 Å². The van der Waals surface area contributed by atoms with Crippen molar-refractivity contribution in [2.24, 2.45) is 12.8 Å². The molecule has 2 heterocycles. The second kappa shape index (κ2) is 5.29. The Morgan fingerprint density at radius 1 is 1.47 bits per heavy atom. The maximum absolute atomic E-state index is 5.80. The number of aromatic nitrogens is 4. The van der Waals surface area contributed by atoms with Crippen LogP contribution in [0.2, 0.25) is 0 Å². The molecule has 0 radical (unpaired) electrons. The number of aryl methyl sites for hydroxylation is 1. The van der Waals surface area contributed by atoms with Crippen molar-refractivity contribution in [1.82, 2.24) is 19.7 Å². The van der Waals surface area contributed by atoms with E-state index in [2.05, 4.69) is 15.2 Å². The summed E-state index contributed by atoms with van der Waals surface area (Å²) in [7, 11) is 1.95. The summed E-state index contributed by atoms with van der Waals surface area (Å²) in [6, 6.07) is 3.95. The quantitative estimate of drug-likeness (QED) is 0.827. The van der Waals surface area contributed by atoms with E-state index in [0.717, 1.165) is 16.5 Å². The number of thioether (sulfide) groups is 1. The molecule has 5 nitrogen and oxygen atoms in total. The zero-order chi connectivity index (χ0) is 12.3. The van der Waals surface area contributed by atoms with E-state index in [-0.39, 0.29) is 5.25 Å². The maximum atomic E-state index is 5.80. The van der Waals surface area contributed by atoms with Crippen LogP contribution < -0.4 is 5.73 Å². The molecular weight excluding hydrogens is 234 g/mol. The van der Waals surface area contributed by atoms with Crippen LogP contribution in [-0.4, -0.2) is 26.3 Å². The molecule has 0 spiro atoms. The molecule has 0 aliphatic carbocycles. The molecule has 17 heavy (non-hydrogen) atoms. The first-order valence-corrected chi connectivity index (χ1v) is 6.23. The molecule has 0 aromatic carbocycles. The zero-order valence-corrected chi connectivity index (χ0v) is 10.7. The van der Waals surface area contributed by atoms with Gasteiger partial charge < -0.3 is 10.3 Å². The van der Waals surface area contributed by atoms with Crippen molar-refractivity contribution in [2.75, 3.05) is 6.54 Å². The van der Waals surface area contributed by atoms with Crippen LogP contribution in [0.1, 0.15) is 16.6 Å². The second-order valence-corrected chi connectivity index (χ2v) is 4.89. The van der Waals surface area contributed by atoms with E-state index in [1.165, 1.54) is 0 Å². The Morgan fingerprint density at radius 3 is 2.82 bits per heavy atom. The molecule has 0 fully saturated rings. The van der Waals surface area contributed by atoms with Gasteiger partial charge in [-0.25, -0.2) is 0 Å². The minimum Gasteiger partial charge on any atom is -0.329 e. The largest absolute Gasteiger partial charge is 0.329 e. The van der Waals surface area contributed by atoms with E-state index < -0.39 is 0 Å². The van der Waals surface area contributed by atoms with E-state index in [1.807, 2.05) is 36.9 Å². The van der Waals surface area contributed by atoms with Gasteiger partial charge in [0.2, 0.25) is 0 Å². The molecule has 0 amide bonds. The number of rotatable bonds is 4. The predicted octanol–water partition coefficient (Wildman–Crippen LogP) is 1.31. The normalized spacial score (nSPS) is 12.6. The summed E-state index contributed by atoms with van der Waals surface area (Å²) in [5, 5.41) is 9.20. The Balaban J connectivity index is 2.19. The maximum Gasteiger partial charge on any atom is 0.191 e. The van der Waals surface area contributed by atoms with E-state index in [1.54, 1.807) is 18.0 Å². The van der Waals surface area contributed by atoms with Gasteiger partial charge in [-0.2, -0.15) is 0 Å². The second-order valence-electron chi connectivity index (χ2n) is 3.72. The Bertz CT molecular complexity index is 482. The van der Waals surface area contributed by atoms with Gasteiger partial charge in [0.15, 0.2) is 5.16 Å². The predicted molar refractivity (Wildman–Crippen MR) is 67.6 cm³/mol. The van der Waals surface area contributed by atoms with Crippen LogP contribution in [-0.2, 0) is 7.05 Å². The zero-order valence-electron chi connectivity index (χ0n) is 9.87. The Hall–Kier alpha value is -1.40. The van der Waals surface area contributed by atoms with Gasteiger partial charge in [-0.3, -0.25) is 4.98 Å². The highest BCUT2D eigenvalue weighted by Gasteiger charge is 2.15. The molecule has 0 aliphatic rings. The molecule has 0 aliphatic heterocycles. The van der Waals surface area contributed by atoms with Crippen LogP contribution in [0, 0.1) is 6.92 Å². The van der Waals surface area contributed by atoms with Gasteiger partial charge in [-0.1, -0.05) is 17.8 Å². The third kappa shape index (κ3) is 2.65. The first-order chi connectivity index (χ1) is 8.22. The molecule has 0 bridgehead atoms. The fraction of sp³-hybridized carbons (Fsp3) is 0.364. The van der Waals surface area contributed by atoms with Crippen LogP contribution in [0.25, 0.3) is 0 Å². The molecule has 2 rings (SSSR count). The fourth-order valence-corrected chi connectivity index (χ4v) is 2.44. The fourth-order valence-electron chi connectivity index (χ4n) is 1.44. The number of hydrogen-bond donors (Lipinski definition) is 1. The summed E-state index contributed by atoms with van der Waals surface area (Å²) in [6.07, 6.45) is 3.60. The molecular formula is C11H15N5S. The summed E-state index contributed by atoms with van der Waals surface area (Å²) >= 11 is 1.61. The summed E-state index contributed by atoms with van der Waals surface area (Å²) in [6.45, 7) is 2.47. The monoisotopic (exact) mass is 249 g/mol. The molecule has 0 saturated heterocycles. The Kier molecular flexibility index (Phi) is 3.75. The van der Waals surface area contributed by atoms with Gasteiger partial charge in [-0.05, 0) is 18.6 Å². The van der Waals surface area contributed by atoms with Gasteiger partial charge >= 0.3 is 0 Å². The van der Waals surface area contributed by atoms with Crippen LogP contribution in [0.4, 0.5) is 0 Å². The lowest BCUT2D eigenvalue weighted by molar-refractivity contribution is 0.760. The molecule has 0 saturated carbocycles. The number of nitrogens with zero attached hydrogens (tertiary/aromatic N) is 4. The van der Waals surface area contributed by atoms with Crippen LogP contribution in [0.5, 0.6) is 0 Å². The van der Waals surface area contributed by atoms with Gasteiger partial charge in [-0.15, -0.1) is 10.2 Å². The average Bonchev–Trinajstić information content (AvgIpc) is 2.68. The van der Waals surface area contributed by atoms with Crippen molar-refractivity contribution in [3.63, 3.8) is 0 Å². The van der Waals surface area contributed by atoms with Crippen LogP contribution in [0.3, 0.4) is 0 Å². The SMILES string of the molecule is Cc1nnc(SC(CN)c2cccnc2)n1C. The molecule has 1 atom stereocenters. The van der Waals surface area contributed by atoms with Crippen molar-refractivity contribution < 1.29 is 0 Å². The minimum atomic E-state index is 0.158. The number of pyridine rings is 1. The smallest absolute Gasteiger partial charge is 0.191 e. The lowest BCUT2D eigenvalue weighted by Gasteiger charge is -2.13. The molecule has 6 heteroatoms. The molecule has 2 aromatic heterocycles. The van der Waals surface area contributed by atoms with Gasteiger partial charge in [0, 0.05) is 26.0 Å². The molecule has 1 unspecified atom stereocenters. The highest BCUT2D eigenvalue weighted by molar-refractivity contribution is 7.99. The lowest BCUT2D eigenvalue weighted by atomic mass is 10.2. The van der Waals surface area contributed by atoms with Gasteiger partial charge in [0.1, 0.15) is 5.82 Å². The number of nitrogens with two attached hydrogens (primary N) is 1. The van der Waals surface area contributed by atoms with Crippen molar-refractivity contribution in [3.05, 3.63) is 35.9 Å². The summed E-state index contributed by atoms with van der Waals surface area (Å²) in [5.41, 5.74) is 6.92. The van der Waals surface area contributed by atoms with E-state index in [9.17, 15) is 0 Å². The van der Waals surface area contributed by atoms with Crippen LogP contribution in [0.15, 0.2) is 29.7 Å². The van der Waals surface area contributed by atoms with Crippen molar-refractivity contribution in [3.8, 4) is 0 Å². The average molecular weight is 249 g/mol. The van der Waals surface area contributed by atoms with Crippen molar-refractivity contribution >= 4 is 11.8 Å². The van der Waals surface area contributed by atoms with Crippen molar-refractivity contribution in [1.29, 1.82) is 0 Å². The highest BCUT2D eigenvalue weighted by atomic mass is 32.2. The summed E-state index contributed by atoms with van der Waals surface area (Å²) in [4.78, 5) is 4.11. The Labute approximate surface area is 104 Å². The third-order valence-electron chi connectivity index (χ3n) is 2.57. The van der Waals surface area contributed by atoms with E-state index in [0.29, 0.717) is 6.54 Å². The minimum absolute atomic E-state index is 0.158. The standard InChI is InChI=1S/C11H15N5S/c1-8-14-15-11(16(8)2)17-10(6-12)9-4-3-5-13-7-9/h3-5,7,10H,6,12H2,1-2H3. The number of hydrogen-bond acceptors (Lipinski definition) is 5. The first-order valence-electron chi connectivity index (χ1n) is 5.35. The highest BCUT2D eigenvalue weighted by Crippen LogP contribution is 2.32. The topological polar surface area (TPSA) is 69.6 Å². The van der Waals surface area contributed by atoms with Crippen LogP contribution >= 0.6 is 11.8 Å². The lowest BCUT2D eigenvalue weighted by Crippen LogP contribution is -2.10. The van der Waals surface area contributed by atoms with E-state index in [4.69, 9.17) is 5.73 Å². The molecule has 2 N–H and O–H groups in total. The molecule has 2 aromatic rings. The third-order valence-corrected chi connectivity index (χ3v) is 3.89.